The van der Waals surface area contributed by atoms with Gasteiger partial charge in [0.05, 0.1) is 10.7 Å². The number of hydrogen-bond donors (Lipinski definition) is 2. The Bertz CT molecular complexity index is 673. The first-order valence-electron chi connectivity index (χ1n) is 6.23. The molecular weight excluding hydrogens is 276 g/mol. The normalized spacial score (nSPS) is 16.4. The van der Waals surface area contributed by atoms with Gasteiger partial charge in [0.2, 0.25) is 5.91 Å². The van der Waals surface area contributed by atoms with Crippen molar-refractivity contribution < 1.29 is 9.53 Å². The molecule has 0 saturated heterocycles. The molecule has 1 aliphatic rings. The number of hydrogen-bond acceptors (Lipinski definition) is 3. The second-order valence-corrected chi connectivity index (χ2v) is 5.04. The minimum Gasteiger partial charge on any atom is -0.492 e. The van der Waals surface area contributed by atoms with Crippen LogP contribution in [0.3, 0.4) is 0 Å². The monoisotopic (exact) mass is 288 g/mol. The van der Waals surface area contributed by atoms with Crippen molar-refractivity contribution in [2.45, 2.75) is 5.92 Å². The number of halogens is 1. The van der Waals surface area contributed by atoms with Crippen LogP contribution in [0.25, 0.3) is 0 Å². The van der Waals surface area contributed by atoms with Gasteiger partial charge in [-0.25, -0.2) is 0 Å². The molecule has 0 saturated carbocycles. The molecule has 2 aromatic rings. The van der Waals surface area contributed by atoms with Crippen LogP contribution in [0, 0.1) is 0 Å². The molecule has 2 aromatic carbocycles. The summed E-state index contributed by atoms with van der Waals surface area (Å²) in [5.74, 6) is 0.275. The van der Waals surface area contributed by atoms with Gasteiger partial charge in [-0.05, 0) is 24.3 Å². The van der Waals surface area contributed by atoms with Crippen molar-refractivity contribution in [3.8, 4) is 5.75 Å². The van der Waals surface area contributed by atoms with Gasteiger partial charge in [0.1, 0.15) is 18.3 Å². The van der Waals surface area contributed by atoms with Gasteiger partial charge >= 0.3 is 0 Å². The zero-order chi connectivity index (χ0) is 14.1. The van der Waals surface area contributed by atoms with E-state index in [1.165, 1.54) is 0 Å². The van der Waals surface area contributed by atoms with Crippen molar-refractivity contribution >= 4 is 28.9 Å². The van der Waals surface area contributed by atoms with Gasteiger partial charge < -0.3 is 15.8 Å². The molecule has 0 aliphatic carbocycles. The molecule has 5 heteroatoms. The molecular formula is C15H13ClN2O2. The number of rotatable bonds is 2. The van der Waals surface area contributed by atoms with Gasteiger partial charge in [0.15, 0.2) is 0 Å². The fourth-order valence-corrected chi connectivity index (χ4v) is 2.40. The maximum absolute atomic E-state index is 12.4. The number of para-hydroxylation sites is 1. The lowest BCUT2D eigenvalue weighted by Gasteiger charge is -2.12. The Balaban J connectivity index is 1.83. The van der Waals surface area contributed by atoms with Gasteiger partial charge in [-0.1, -0.05) is 29.8 Å². The lowest BCUT2D eigenvalue weighted by atomic mass is 10.0. The number of carbonyl (C=O) groups is 1. The summed E-state index contributed by atoms with van der Waals surface area (Å²) in [4.78, 5) is 12.4. The van der Waals surface area contributed by atoms with Crippen LogP contribution in [0.5, 0.6) is 5.75 Å². The number of anilines is 2. The fourth-order valence-electron chi connectivity index (χ4n) is 2.24. The Morgan fingerprint density at radius 1 is 1.30 bits per heavy atom. The molecule has 102 valence electrons. The predicted octanol–water partition coefficient (Wildman–Crippen LogP) is 3.04. The number of nitrogen functional groups attached to an aromatic ring is 1. The third-order valence-electron chi connectivity index (χ3n) is 3.26. The van der Waals surface area contributed by atoms with E-state index in [1.54, 1.807) is 18.2 Å². The van der Waals surface area contributed by atoms with Crippen molar-refractivity contribution in [2.75, 3.05) is 17.7 Å². The highest BCUT2D eigenvalue weighted by Crippen LogP contribution is 2.35. The lowest BCUT2D eigenvalue weighted by Crippen LogP contribution is -2.22. The molecule has 3 N–H and O–H groups in total. The highest BCUT2D eigenvalue weighted by Gasteiger charge is 2.30. The number of carbonyl (C=O) groups excluding carboxylic acids is 1. The first kappa shape index (κ1) is 12.8. The van der Waals surface area contributed by atoms with Gasteiger partial charge in [0, 0.05) is 11.3 Å². The highest BCUT2D eigenvalue weighted by molar-refractivity contribution is 6.33. The zero-order valence-electron chi connectivity index (χ0n) is 10.6. The van der Waals surface area contributed by atoms with Gasteiger partial charge in [-0.15, -0.1) is 0 Å². The molecule has 0 bridgehead atoms. The number of ether oxygens (including phenoxy) is 1. The van der Waals surface area contributed by atoms with Crippen LogP contribution in [0.15, 0.2) is 42.5 Å². The van der Waals surface area contributed by atoms with E-state index in [0.717, 1.165) is 11.3 Å². The van der Waals surface area contributed by atoms with Crippen molar-refractivity contribution in [3.05, 3.63) is 53.1 Å². The molecule has 1 amide bonds. The summed E-state index contributed by atoms with van der Waals surface area (Å²) in [5.41, 5.74) is 7.66. The summed E-state index contributed by atoms with van der Waals surface area (Å²) in [6, 6.07) is 12.5. The molecule has 20 heavy (non-hydrogen) atoms. The zero-order valence-corrected chi connectivity index (χ0v) is 11.4. The molecule has 0 aromatic heterocycles. The highest BCUT2D eigenvalue weighted by atomic mass is 35.5. The van der Waals surface area contributed by atoms with Gasteiger partial charge in [0.25, 0.3) is 0 Å². The summed E-state index contributed by atoms with van der Waals surface area (Å²) in [6.45, 7) is 0.338. The molecule has 1 unspecified atom stereocenters. The van der Waals surface area contributed by atoms with E-state index in [-0.39, 0.29) is 11.8 Å². The molecule has 0 fully saturated rings. The largest absolute Gasteiger partial charge is 0.492 e. The van der Waals surface area contributed by atoms with E-state index in [9.17, 15) is 4.79 Å². The summed E-state index contributed by atoms with van der Waals surface area (Å²) in [5, 5.41) is 3.26. The number of nitrogens with one attached hydrogen (secondary N) is 1. The molecule has 0 radical (unpaired) electrons. The lowest BCUT2D eigenvalue weighted by molar-refractivity contribution is -0.117. The number of amides is 1. The number of fused-ring (bicyclic) bond motifs is 1. The summed E-state index contributed by atoms with van der Waals surface area (Å²) in [7, 11) is 0. The van der Waals surface area contributed by atoms with E-state index in [0.29, 0.717) is 23.0 Å². The number of nitrogens with two attached hydrogens (primary N) is 1. The third kappa shape index (κ3) is 2.30. The van der Waals surface area contributed by atoms with E-state index in [1.807, 2.05) is 24.3 Å². The first-order valence-corrected chi connectivity index (χ1v) is 6.60. The predicted molar refractivity (Wildman–Crippen MR) is 79.2 cm³/mol. The fraction of sp³-hybridized carbons (Fsp3) is 0.133. The van der Waals surface area contributed by atoms with Crippen molar-refractivity contribution in [1.82, 2.24) is 0 Å². The minimum atomic E-state index is -0.330. The van der Waals surface area contributed by atoms with Gasteiger partial charge in [-0.3, -0.25) is 4.79 Å². The smallest absolute Gasteiger partial charge is 0.235 e. The number of benzene rings is 2. The van der Waals surface area contributed by atoms with E-state index >= 15 is 0 Å². The van der Waals surface area contributed by atoms with Crippen LogP contribution in [0.4, 0.5) is 11.4 Å². The maximum atomic E-state index is 12.4. The van der Waals surface area contributed by atoms with E-state index in [4.69, 9.17) is 22.1 Å². The Kier molecular flexibility index (Phi) is 3.24. The van der Waals surface area contributed by atoms with Crippen LogP contribution >= 0.6 is 11.6 Å². The van der Waals surface area contributed by atoms with Crippen LogP contribution < -0.4 is 15.8 Å². The summed E-state index contributed by atoms with van der Waals surface area (Å²) in [6.07, 6.45) is 0. The minimum absolute atomic E-state index is 0.151. The molecule has 0 spiro atoms. The quantitative estimate of drug-likeness (QED) is 0.835. The second kappa shape index (κ2) is 5.06. The Hall–Kier alpha value is -2.20. The van der Waals surface area contributed by atoms with Crippen LogP contribution in [-0.4, -0.2) is 12.5 Å². The van der Waals surface area contributed by atoms with E-state index < -0.39 is 0 Å². The summed E-state index contributed by atoms with van der Waals surface area (Å²) < 4.78 is 5.51. The summed E-state index contributed by atoms with van der Waals surface area (Å²) >= 11 is 6.05. The molecule has 4 nitrogen and oxygen atoms in total. The topological polar surface area (TPSA) is 64.3 Å². The Morgan fingerprint density at radius 2 is 2.10 bits per heavy atom. The standard InChI is InChI=1S/C15H13ClN2O2/c16-12-6-5-9(17)7-13(12)18-15(19)11-8-20-14-4-2-1-3-10(11)14/h1-7,11H,8,17H2,(H,18,19). The molecule has 1 atom stereocenters. The molecule has 1 heterocycles. The van der Waals surface area contributed by atoms with Crippen LogP contribution in [-0.2, 0) is 4.79 Å². The van der Waals surface area contributed by atoms with Crippen molar-refractivity contribution in [3.63, 3.8) is 0 Å². The molecule has 3 rings (SSSR count). The van der Waals surface area contributed by atoms with Crippen LogP contribution in [0.2, 0.25) is 5.02 Å². The van der Waals surface area contributed by atoms with E-state index in [2.05, 4.69) is 5.32 Å². The second-order valence-electron chi connectivity index (χ2n) is 4.63. The average Bonchev–Trinajstić information content (AvgIpc) is 2.87. The first-order chi connectivity index (χ1) is 9.65. The Morgan fingerprint density at radius 3 is 2.95 bits per heavy atom. The van der Waals surface area contributed by atoms with Crippen molar-refractivity contribution in [2.24, 2.45) is 0 Å². The van der Waals surface area contributed by atoms with Crippen LogP contribution in [0.1, 0.15) is 11.5 Å². The Labute approximate surface area is 121 Å². The van der Waals surface area contributed by atoms with Crippen molar-refractivity contribution in [1.29, 1.82) is 0 Å². The SMILES string of the molecule is Nc1ccc(Cl)c(NC(=O)C2COc3ccccc32)c1. The average molecular weight is 289 g/mol. The third-order valence-corrected chi connectivity index (χ3v) is 3.59. The molecule has 1 aliphatic heterocycles. The van der Waals surface area contributed by atoms with Gasteiger partial charge in [-0.2, -0.15) is 0 Å². The maximum Gasteiger partial charge on any atom is 0.235 e.